The maximum absolute atomic E-state index is 11.5. The molecular weight excluding hydrogens is 220 g/mol. The summed E-state index contributed by atoms with van der Waals surface area (Å²) >= 11 is 0. The molecule has 1 aliphatic rings. The topological polar surface area (TPSA) is 73.9 Å². The van der Waals surface area contributed by atoms with Gasteiger partial charge in [-0.15, -0.1) is 0 Å². The molecule has 0 bridgehead atoms. The summed E-state index contributed by atoms with van der Waals surface area (Å²) in [6.45, 7) is 3.87. The van der Waals surface area contributed by atoms with Gasteiger partial charge < -0.3 is 15.2 Å². The lowest BCUT2D eigenvalue weighted by Crippen LogP contribution is -2.14. The van der Waals surface area contributed by atoms with Crippen molar-refractivity contribution in [1.29, 1.82) is 0 Å². The van der Waals surface area contributed by atoms with Gasteiger partial charge in [0.1, 0.15) is 5.75 Å². The predicted octanol–water partition coefficient (Wildman–Crippen LogP) is 1.39. The average molecular weight is 234 g/mol. The summed E-state index contributed by atoms with van der Waals surface area (Å²) in [5.74, 6) is 0.309. The van der Waals surface area contributed by atoms with Crippen LogP contribution in [0.1, 0.15) is 25.5 Å². The van der Waals surface area contributed by atoms with Crippen molar-refractivity contribution in [2.75, 3.05) is 0 Å². The third-order valence-electron chi connectivity index (χ3n) is 2.22. The molecule has 1 heterocycles. The fourth-order valence-corrected chi connectivity index (χ4v) is 1.60. The molecule has 0 saturated carbocycles. The number of amides is 1. The quantitative estimate of drug-likeness (QED) is 0.857. The molecule has 0 aliphatic carbocycles. The third-order valence-corrected chi connectivity index (χ3v) is 2.22. The van der Waals surface area contributed by atoms with Crippen LogP contribution >= 0.6 is 0 Å². The van der Waals surface area contributed by atoms with Gasteiger partial charge in [-0.25, -0.2) is 0 Å². The van der Waals surface area contributed by atoms with Crippen molar-refractivity contribution in [2.45, 2.75) is 26.1 Å². The SMILES string of the molecule is CC(C)Oc1cccc(C2OC(N)=NC2=O)c1. The van der Waals surface area contributed by atoms with E-state index in [1.807, 2.05) is 19.9 Å². The minimum Gasteiger partial charge on any atom is -0.491 e. The summed E-state index contributed by atoms with van der Waals surface area (Å²) in [6, 6.07) is 7.08. The molecular formula is C12H14N2O3. The van der Waals surface area contributed by atoms with E-state index in [2.05, 4.69) is 4.99 Å². The fourth-order valence-electron chi connectivity index (χ4n) is 1.60. The Bertz CT molecular complexity index is 469. The molecule has 1 unspecified atom stereocenters. The van der Waals surface area contributed by atoms with E-state index in [1.165, 1.54) is 0 Å². The second-order valence-electron chi connectivity index (χ2n) is 4.03. The number of carbonyl (C=O) groups is 1. The molecule has 90 valence electrons. The van der Waals surface area contributed by atoms with Crippen LogP contribution in [0.2, 0.25) is 0 Å². The van der Waals surface area contributed by atoms with Gasteiger partial charge in [0.05, 0.1) is 6.10 Å². The van der Waals surface area contributed by atoms with Gasteiger partial charge in [-0.2, -0.15) is 4.99 Å². The number of amidine groups is 1. The van der Waals surface area contributed by atoms with Crippen molar-refractivity contribution in [2.24, 2.45) is 10.7 Å². The van der Waals surface area contributed by atoms with Crippen molar-refractivity contribution in [3.63, 3.8) is 0 Å². The highest BCUT2D eigenvalue weighted by Crippen LogP contribution is 2.26. The highest BCUT2D eigenvalue weighted by atomic mass is 16.5. The van der Waals surface area contributed by atoms with Crippen LogP contribution in [-0.4, -0.2) is 18.0 Å². The van der Waals surface area contributed by atoms with E-state index in [9.17, 15) is 4.79 Å². The second kappa shape index (κ2) is 4.45. The minimum absolute atomic E-state index is 0.0757. The predicted molar refractivity (Wildman–Crippen MR) is 62.7 cm³/mol. The van der Waals surface area contributed by atoms with Crippen LogP contribution in [-0.2, 0) is 9.53 Å². The van der Waals surface area contributed by atoms with Crippen molar-refractivity contribution in [3.05, 3.63) is 29.8 Å². The number of carbonyl (C=O) groups excluding carboxylic acids is 1. The van der Waals surface area contributed by atoms with Gasteiger partial charge in [0.2, 0.25) is 6.10 Å². The first-order valence-corrected chi connectivity index (χ1v) is 5.37. The first kappa shape index (κ1) is 11.4. The maximum atomic E-state index is 11.5. The van der Waals surface area contributed by atoms with E-state index in [0.717, 1.165) is 0 Å². The number of nitrogens with two attached hydrogens (primary N) is 1. The molecule has 1 amide bonds. The first-order valence-electron chi connectivity index (χ1n) is 5.37. The Morgan fingerprint density at radius 3 is 2.82 bits per heavy atom. The largest absolute Gasteiger partial charge is 0.491 e. The Hall–Kier alpha value is -2.04. The minimum atomic E-state index is -0.745. The van der Waals surface area contributed by atoms with Gasteiger partial charge >= 0.3 is 0 Å². The molecule has 2 N–H and O–H groups in total. The number of hydrogen-bond donors (Lipinski definition) is 1. The van der Waals surface area contributed by atoms with Gasteiger partial charge in [0.25, 0.3) is 11.9 Å². The highest BCUT2D eigenvalue weighted by molar-refractivity contribution is 5.98. The highest BCUT2D eigenvalue weighted by Gasteiger charge is 2.29. The van der Waals surface area contributed by atoms with Gasteiger partial charge in [-0.05, 0) is 26.0 Å². The van der Waals surface area contributed by atoms with Gasteiger partial charge in [-0.3, -0.25) is 4.79 Å². The lowest BCUT2D eigenvalue weighted by atomic mass is 10.1. The summed E-state index contributed by atoms with van der Waals surface area (Å²) < 4.78 is 10.7. The monoisotopic (exact) mass is 234 g/mol. The van der Waals surface area contributed by atoms with Crippen LogP contribution in [0, 0.1) is 0 Å². The van der Waals surface area contributed by atoms with Crippen LogP contribution in [0.5, 0.6) is 5.75 Å². The number of rotatable bonds is 3. The molecule has 17 heavy (non-hydrogen) atoms. The van der Waals surface area contributed by atoms with E-state index < -0.39 is 6.10 Å². The summed E-state index contributed by atoms with van der Waals surface area (Å²) in [5.41, 5.74) is 6.04. The van der Waals surface area contributed by atoms with Crippen LogP contribution in [0.3, 0.4) is 0 Å². The molecule has 5 heteroatoms. The Labute approximate surface area is 99.2 Å². The van der Waals surface area contributed by atoms with Crippen molar-refractivity contribution in [3.8, 4) is 5.75 Å². The van der Waals surface area contributed by atoms with Gasteiger partial charge in [0, 0.05) is 5.56 Å². The number of benzene rings is 1. The lowest BCUT2D eigenvalue weighted by molar-refractivity contribution is -0.122. The first-order chi connectivity index (χ1) is 8.06. The summed E-state index contributed by atoms with van der Waals surface area (Å²) in [5, 5.41) is 0. The normalized spacial score (nSPS) is 19.1. The molecule has 1 atom stereocenters. The van der Waals surface area contributed by atoms with Crippen LogP contribution in [0.15, 0.2) is 29.3 Å². The van der Waals surface area contributed by atoms with Crippen LogP contribution in [0.25, 0.3) is 0 Å². The van der Waals surface area contributed by atoms with E-state index in [0.29, 0.717) is 11.3 Å². The van der Waals surface area contributed by atoms with Crippen LogP contribution in [0.4, 0.5) is 0 Å². The number of aliphatic imine (C=N–C) groups is 1. The number of ether oxygens (including phenoxy) is 2. The summed E-state index contributed by atoms with van der Waals surface area (Å²) in [6.07, 6.45) is -0.669. The molecule has 1 aliphatic heterocycles. The molecule has 0 aromatic heterocycles. The number of hydrogen-bond acceptors (Lipinski definition) is 4. The average Bonchev–Trinajstić information content (AvgIpc) is 2.57. The van der Waals surface area contributed by atoms with Crippen molar-refractivity contribution < 1.29 is 14.3 Å². The maximum Gasteiger partial charge on any atom is 0.296 e. The second-order valence-corrected chi connectivity index (χ2v) is 4.03. The third kappa shape index (κ3) is 2.55. The molecule has 0 fully saturated rings. The summed E-state index contributed by atoms with van der Waals surface area (Å²) in [4.78, 5) is 15.0. The fraction of sp³-hybridized carbons (Fsp3) is 0.333. The van der Waals surface area contributed by atoms with E-state index in [-0.39, 0.29) is 18.0 Å². The smallest absolute Gasteiger partial charge is 0.296 e. The van der Waals surface area contributed by atoms with Gasteiger partial charge in [-0.1, -0.05) is 12.1 Å². The Morgan fingerprint density at radius 2 is 2.24 bits per heavy atom. The van der Waals surface area contributed by atoms with E-state index in [4.69, 9.17) is 15.2 Å². The zero-order valence-electron chi connectivity index (χ0n) is 9.71. The Kier molecular flexibility index (Phi) is 2.99. The standard InChI is InChI=1S/C12H14N2O3/c1-7(2)16-9-5-3-4-8(6-9)10-11(15)14-12(13)17-10/h3-7,10H,1-2H3,(H2,13,14,15). The summed E-state index contributed by atoms with van der Waals surface area (Å²) in [7, 11) is 0. The van der Waals surface area contributed by atoms with Crippen molar-refractivity contribution in [1.82, 2.24) is 0 Å². The Balaban J connectivity index is 2.20. The molecule has 1 aromatic rings. The zero-order chi connectivity index (χ0) is 12.4. The van der Waals surface area contributed by atoms with E-state index >= 15 is 0 Å². The van der Waals surface area contributed by atoms with Crippen LogP contribution < -0.4 is 10.5 Å². The molecule has 1 aromatic carbocycles. The molecule has 0 saturated heterocycles. The molecule has 0 spiro atoms. The van der Waals surface area contributed by atoms with E-state index in [1.54, 1.807) is 18.2 Å². The zero-order valence-corrected chi connectivity index (χ0v) is 9.71. The number of nitrogens with zero attached hydrogens (tertiary/aromatic N) is 1. The molecule has 0 radical (unpaired) electrons. The lowest BCUT2D eigenvalue weighted by Gasteiger charge is -2.13. The Morgan fingerprint density at radius 1 is 1.47 bits per heavy atom. The molecule has 5 nitrogen and oxygen atoms in total. The van der Waals surface area contributed by atoms with Crippen molar-refractivity contribution >= 4 is 11.9 Å². The molecule has 2 rings (SSSR count). The van der Waals surface area contributed by atoms with Gasteiger partial charge in [0.15, 0.2) is 0 Å².